The molecular weight excluding hydrogens is 591 g/mol. The number of anilines is 3. The quantitative estimate of drug-likeness (QED) is 0.167. The molecular formula is C48H33N. The number of rotatable bonds is 6. The van der Waals surface area contributed by atoms with Gasteiger partial charge < -0.3 is 4.90 Å². The molecule has 1 nitrogen and oxygen atoms in total. The molecule has 0 heterocycles. The molecule has 230 valence electrons. The van der Waals surface area contributed by atoms with Crippen LogP contribution >= 0.6 is 0 Å². The zero-order valence-corrected chi connectivity index (χ0v) is 27.0. The summed E-state index contributed by atoms with van der Waals surface area (Å²) < 4.78 is 0. The Morgan fingerprint density at radius 3 is 1.51 bits per heavy atom. The monoisotopic (exact) mass is 623 g/mol. The van der Waals surface area contributed by atoms with Crippen LogP contribution in [0.1, 0.15) is 0 Å². The highest BCUT2D eigenvalue weighted by Crippen LogP contribution is 2.40. The van der Waals surface area contributed by atoms with Crippen LogP contribution in [0.4, 0.5) is 17.1 Å². The molecule has 0 amide bonds. The second-order valence-corrected chi connectivity index (χ2v) is 12.6. The highest BCUT2D eigenvalue weighted by Gasteiger charge is 2.14. The second-order valence-electron chi connectivity index (χ2n) is 12.6. The zero-order valence-electron chi connectivity index (χ0n) is 27.0. The van der Waals surface area contributed by atoms with E-state index in [1.807, 2.05) is 0 Å². The van der Waals surface area contributed by atoms with Crippen LogP contribution in [-0.4, -0.2) is 0 Å². The third kappa shape index (κ3) is 5.32. The van der Waals surface area contributed by atoms with Gasteiger partial charge in [0.1, 0.15) is 0 Å². The van der Waals surface area contributed by atoms with Crippen molar-refractivity contribution >= 4 is 49.4 Å². The molecule has 9 rings (SSSR count). The lowest BCUT2D eigenvalue weighted by molar-refractivity contribution is 1.28. The minimum atomic E-state index is 1.12. The summed E-state index contributed by atoms with van der Waals surface area (Å²) in [5, 5.41) is 7.72. The largest absolute Gasteiger partial charge is 0.311 e. The molecule has 1 heteroatoms. The van der Waals surface area contributed by atoms with Crippen LogP contribution in [0.2, 0.25) is 0 Å². The van der Waals surface area contributed by atoms with Crippen molar-refractivity contribution in [2.45, 2.75) is 0 Å². The van der Waals surface area contributed by atoms with Gasteiger partial charge in [0.2, 0.25) is 0 Å². The fraction of sp³-hybridized carbons (Fsp3) is 0. The van der Waals surface area contributed by atoms with Crippen LogP contribution in [0.25, 0.3) is 65.7 Å². The lowest BCUT2D eigenvalue weighted by Crippen LogP contribution is -2.09. The van der Waals surface area contributed by atoms with Gasteiger partial charge in [-0.05, 0) is 108 Å². The minimum Gasteiger partial charge on any atom is -0.311 e. The van der Waals surface area contributed by atoms with E-state index >= 15 is 0 Å². The molecule has 0 spiro atoms. The highest BCUT2D eigenvalue weighted by molar-refractivity contribution is 6.22. The summed E-state index contributed by atoms with van der Waals surface area (Å²) in [6.07, 6.45) is 0. The van der Waals surface area contributed by atoms with E-state index in [1.54, 1.807) is 0 Å². The predicted octanol–water partition coefficient (Wildman–Crippen LogP) is 13.6. The molecule has 0 unspecified atom stereocenters. The van der Waals surface area contributed by atoms with Crippen molar-refractivity contribution in [3.8, 4) is 33.4 Å². The van der Waals surface area contributed by atoms with Crippen molar-refractivity contribution in [3.63, 3.8) is 0 Å². The molecule has 0 atom stereocenters. The van der Waals surface area contributed by atoms with Crippen LogP contribution in [0.15, 0.2) is 200 Å². The SMILES string of the molecule is c1ccc(-c2cccc(-c3ccc(N(c4ccccc4)c4ccc(-c5cccc6c5ccc5ccc7ccccc7c56)cc4)cc3)c2)cc1. The standard InChI is InChI=1S/C48H33N/c1-3-11-34(12-4-1)39-14-9-15-40(33-39)35-23-28-42(29-24-35)49(41-16-5-2-6-17-41)43-30-25-37(26-31-43)44-19-10-20-47-46(44)32-27-38-22-21-36-13-7-8-18-45(36)48(38)47/h1-33H. The number of benzene rings is 9. The van der Waals surface area contributed by atoms with E-state index in [2.05, 4.69) is 205 Å². The Balaban J connectivity index is 1.09. The fourth-order valence-corrected chi connectivity index (χ4v) is 7.24. The van der Waals surface area contributed by atoms with Crippen molar-refractivity contribution < 1.29 is 0 Å². The molecule has 9 aromatic rings. The summed E-state index contributed by atoms with van der Waals surface area (Å²) >= 11 is 0. The van der Waals surface area contributed by atoms with E-state index in [4.69, 9.17) is 0 Å². The van der Waals surface area contributed by atoms with Gasteiger partial charge in [-0.1, -0.05) is 158 Å². The number of nitrogens with zero attached hydrogens (tertiary/aromatic N) is 1. The molecule has 49 heavy (non-hydrogen) atoms. The van der Waals surface area contributed by atoms with Crippen molar-refractivity contribution in [1.29, 1.82) is 0 Å². The van der Waals surface area contributed by atoms with Gasteiger partial charge in [-0.15, -0.1) is 0 Å². The predicted molar refractivity (Wildman–Crippen MR) is 210 cm³/mol. The van der Waals surface area contributed by atoms with Crippen LogP contribution in [-0.2, 0) is 0 Å². The maximum atomic E-state index is 2.33. The molecule has 0 saturated carbocycles. The molecule has 0 aliphatic rings. The van der Waals surface area contributed by atoms with Crippen LogP contribution in [0, 0.1) is 0 Å². The van der Waals surface area contributed by atoms with Gasteiger partial charge in [0.05, 0.1) is 0 Å². The lowest BCUT2D eigenvalue weighted by atomic mass is 9.92. The van der Waals surface area contributed by atoms with Gasteiger partial charge in [-0.3, -0.25) is 0 Å². The first-order chi connectivity index (χ1) is 24.3. The topological polar surface area (TPSA) is 3.24 Å². The van der Waals surface area contributed by atoms with Gasteiger partial charge in [-0.25, -0.2) is 0 Å². The first-order valence-corrected chi connectivity index (χ1v) is 16.8. The summed E-state index contributed by atoms with van der Waals surface area (Å²) in [6.45, 7) is 0. The van der Waals surface area contributed by atoms with Crippen LogP contribution in [0.3, 0.4) is 0 Å². The van der Waals surface area contributed by atoms with Crippen molar-refractivity contribution in [1.82, 2.24) is 0 Å². The second kappa shape index (κ2) is 12.3. The summed E-state index contributed by atoms with van der Waals surface area (Å²) in [4.78, 5) is 2.33. The fourth-order valence-electron chi connectivity index (χ4n) is 7.24. The van der Waals surface area contributed by atoms with Gasteiger partial charge >= 0.3 is 0 Å². The minimum absolute atomic E-state index is 1.12. The number of para-hydroxylation sites is 1. The smallest absolute Gasteiger partial charge is 0.0462 e. The number of hydrogen-bond donors (Lipinski definition) is 0. The number of fused-ring (bicyclic) bond motifs is 5. The summed E-state index contributed by atoms with van der Waals surface area (Å²) in [5.74, 6) is 0. The molecule has 0 radical (unpaired) electrons. The average Bonchev–Trinajstić information content (AvgIpc) is 3.19. The van der Waals surface area contributed by atoms with E-state index < -0.39 is 0 Å². The summed E-state index contributed by atoms with van der Waals surface area (Å²) in [5.41, 5.74) is 10.7. The van der Waals surface area contributed by atoms with Gasteiger partial charge in [0, 0.05) is 17.1 Å². The first kappa shape index (κ1) is 28.8. The van der Waals surface area contributed by atoms with E-state index in [0.717, 1.165) is 17.1 Å². The third-order valence-corrected chi connectivity index (χ3v) is 9.65. The van der Waals surface area contributed by atoms with Crippen molar-refractivity contribution in [2.75, 3.05) is 4.90 Å². The van der Waals surface area contributed by atoms with Gasteiger partial charge in [-0.2, -0.15) is 0 Å². The molecule has 0 saturated heterocycles. The van der Waals surface area contributed by atoms with Crippen LogP contribution < -0.4 is 4.90 Å². The van der Waals surface area contributed by atoms with E-state index in [1.165, 1.54) is 65.7 Å². The van der Waals surface area contributed by atoms with Crippen LogP contribution in [0.5, 0.6) is 0 Å². The van der Waals surface area contributed by atoms with E-state index in [9.17, 15) is 0 Å². The number of hydrogen-bond acceptors (Lipinski definition) is 1. The third-order valence-electron chi connectivity index (χ3n) is 9.65. The first-order valence-electron chi connectivity index (χ1n) is 16.8. The Labute approximate surface area is 287 Å². The Bertz CT molecular complexity index is 2570. The molecule has 0 fully saturated rings. The maximum Gasteiger partial charge on any atom is 0.0462 e. The molecule has 0 aliphatic heterocycles. The average molecular weight is 624 g/mol. The Hall–Kier alpha value is -6.44. The Morgan fingerprint density at radius 2 is 0.776 bits per heavy atom. The normalized spacial score (nSPS) is 11.3. The molecule has 9 aromatic carbocycles. The molecule has 0 bridgehead atoms. The van der Waals surface area contributed by atoms with E-state index in [0.29, 0.717) is 0 Å². The molecule has 0 N–H and O–H groups in total. The summed E-state index contributed by atoms with van der Waals surface area (Å²) in [7, 11) is 0. The zero-order chi connectivity index (χ0) is 32.6. The van der Waals surface area contributed by atoms with E-state index in [-0.39, 0.29) is 0 Å². The molecule has 0 aromatic heterocycles. The lowest BCUT2D eigenvalue weighted by Gasteiger charge is -2.26. The molecule has 0 aliphatic carbocycles. The maximum absolute atomic E-state index is 2.33. The van der Waals surface area contributed by atoms with Gasteiger partial charge in [0.25, 0.3) is 0 Å². The Morgan fingerprint density at radius 1 is 0.265 bits per heavy atom. The van der Waals surface area contributed by atoms with Gasteiger partial charge in [0.15, 0.2) is 0 Å². The van der Waals surface area contributed by atoms with Crippen molar-refractivity contribution in [2.24, 2.45) is 0 Å². The highest BCUT2D eigenvalue weighted by atomic mass is 15.1. The van der Waals surface area contributed by atoms with Crippen molar-refractivity contribution in [3.05, 3.63) is 200 Å². The Kier molecular flexibility index (Phi) is 7.22. The summed E-state index contributed by atoms with van der Waals surface area (Å²) in [6, 6.07) is 72.3.